The predicted octanol–water partition coefficient (Wildman–Crippen LogP) is 1.58. The van der Waals surface area contributed by atoms with E-state index in [-0.39, 0.29) is 0 Å². The maximum Gasteiger partial charge on any atom is 0.205 e. The topological polar surface area (TPSA) is 78.6 Å². The van der Waals surface area contributed by atoms with E-state index in [9.17, 15) is 0 Å². The van der Waals surface area contributed by atoms with E-state index >= 15 is 0 Å². The molecular weight excluding hydrogens is 280 g/mol. The molecule has 0 unspecified atom stereocenters. The smallest absolute Gasteiger partial charge is 0.205 e. The minimum Gasteiger partial charge on any atom is -0.497 e. The molecule has 0 spiro atoms. The van der Waals surface area contributed by atoms with Crippen molar-refractivity contribution >= 4 is 5.57 Å². The molecule has 110 valence electrons. The SMILES string of the molecule is C=C(c1cncnc1)c1nnn(Cc2ccc(OC)cc2)n1. The molecule has 0 bridgehead atoms. The lowest BCUT2D eigenvalue weighted by atomic mass is 10.1. The summed E-state index contributed by atoms with van der Waals surface area (Å²) in [5.41, 5.74) is 2.46. The second kappa shape index (κ2) is 6.13. The summed E-state index contributed by atoms with van der Waals surface area (Å²) in [6.45, 7) is 4.49. The normalized spacial score (nSPS) is 10.4. The van der Waals surface area contributed by atoms with Gasteiger partial charge in [0.05, 0.1) is 13.7 Å². The molecule has 7 nitrogen and oxygen atoms in total. The van der Waals surface area contributed by atoms with Crippen molar-refractivity contribution in [1.29, 1.82) is 0 Å². The van der Waals surface area contributed by atoms with Crippen LogP contribution in [0.1, 0.15) is 17.0 Å². The first-order chi connectivity index (χ1) is 10.8. The summed E-state index contributed by atoms with van der Waals surface area (Å²) in [4.78, 5) is 9.43. The van der Waals surface area contributed by atoms with E-state index < -0.39 is 0 Å². The van der Waals surface area contributed by atoms with Crippen LogP contribution in [0.2, 0.25) is 0 Å². The van der Waals surface area contributed by atoms with Gasteiger partial charge in [0, 0.05) is 23.5 Å². The van der Waals surface area contributed by atoms with E-state index in [1.807, 2.05) is 24.3 Å². The van der Waals surface area contributed by atoms with Gasteiger partial charge >= 0.3 is 0 Å². The number of aromatic nitrogens is 6. The molecule has 7 heteroatoms. The summed E-state index contributed by atoms with van der Waals surface area (Å²) >= 11 is 0. The minimum absolute atomic E-state index is 0.461. The van der Waals surface area contributed by atoms with Crippen molar-refractivity contribution in [3.63, 3.8) is 0 Å². The van der Waals surface area contributed by atoms with Crippen molar-refractivity contribution in [2.45, 2.75) is 6.54 Å². The molecule has 0 radical (unpaired) electrons. The number of rotatable bonds is 5. The van der Waals surface area contributed by atoms with Crippen LogP contribution in [-0.4, -0.2) is 37.3 Å². The maximum absolute atomic E-state index is 5.13. The van der Waals surface area contributed by atoms with Gasteiger partial charge in [0.1, 0.15) is 12.1 Å². The molecule has 0 atom stereocenters. The molecule has 0 aliphatic carbocycles. The Morgan fingerprint density at radius 2 is 1.91 bits per heavy atom. The van der Waals surface area contributed by atoms with E-state index in [0.29, 0.717) is 17.9 Å². The van der Waals surface area contributed by atoms with Gasteiger partial charge in [-0.15, -0.1) is 10.2 Å². The van der Waals surface area contributed by atoms with Crippen LogP contribution in [0.15, 0.2) is 49.6 Å². The Bertz CT molecular complexity index is 766. The molecule has 2 aromatic heterocycles. The molecule has 0 saturated carbocycles. The summed E-state index contributed by atoms with van der Waals surface area (Å²) in [6, 6.07) is 7.71. The fraction of sp³-hybridized carbons (Fsp3) is 0.133. The lowest BCUT2D eigenvalue weighted by Crippen LogP contribution is -2.04. The van der Waals surface area contributed by atoms with Crippen LogP contribution in [0.4, 0.5) is 0 Å². The van der Waals surface area contributed by atoms with E-state index in [1.54, 1.807) is 19.5 Å². The Hall–Kier alpha value is -3.09. The highest BCUT2D eigenvalue weighted by atomic mass is 16.5. The molecule has 22 heavy (non-hydrogen) atoms. The van der Waals surface area contributed by atoms with Gasteiger partial charge in [-0.3, -0.25) is 0 Å². The zero-order valence-corrected chi connectivity index (χ0v) is 12.0. The first-order valence-electron chi connectivity index (χ1n) is 6.61. The van der Waals surface area contributed by atoms with Gasteiger partial charge in [0.2, 0.25) is 5.82 Å². The van der Waals surface area contributed by atoms with Gasteiger partial charge < -0.3 is 4.74 Å². The zero-order valence-electron chi connectivity index (χ0n) is 12.0. The fourth-order valence-corrected chi connectivity index (χ4v) is 1.91. The van der Waals surface area contributed by atoms with Crippen molar-refractivity contribution in [1.82, 2.24) is 30.2 Å². The molecule has 2 heterocycles. The Kier molecular flexibility index (Phi) is 3.86. The maximum atomic E-state index is 5.13. The molecule has 0 amide bonds. The number of hydrogen-bond donors (Lipinski definition) is 0. The van der Waals surface area contributed by atoms with Gasteiger partial charge in [0.25, 0.3) is 0 Å². The highest BCUT2D eigenvalue weighted by molar-refractivity contribution is 5.72. The van der Waals surface area contributed by atoms with Gasteiger partial charge in [-0.1, -0.05) is 18.7 Å². The van der Waals surface area contributed by atoms with Crippen LogP contribution >= 0.6 is 0 Å². The van der Waals surface area contributed by atoms with Crippen LogP contribution in [0.3, 0.4) is 0 Å². The van der Waals surface area contributed by atoms with Crippen LogP contribution in [0.5, 0.6) is 5.75 Å². The number of ether oxygens (including phenoxy) is 1. The number of hydrogen-bond acceptors (Lipinski definition) is 6. The van der Waals surface area contributed by atoms with Crippen LogP contribution in [-0.2, 0) is 6.54 Å². The van der Waals surface area contributed by atoms with Gasteiger partial charge in [-0.05, 0) is 22.9 Å². The Morgan fingerprint density at radius 3 is 2.59 bits per heavy atom. The van der Waals surface area contributed by atoms with E-state index in [0.717, 1.165) is 16.9 Å². The number of tetrazole rings is 1. The van der Waals surface area contributed by atoms with Crippen LogP contribution < -0.4 is 4.74 Å². The molecule has 0 saturated heterocycles. The van der Waals surface area contributed by atoms with Crippen molar-refractivity contribution in [3.05, 3.63) is 66.5 Å². The number of methoxy groups -OCH3 is 1. The third-order valence-electron chi connectivity index (χ3n) is 3.11. The first kappa shape index (κ1) is 13.9. The third-order valence-corrected chi connectivity index (χ3v) is 3.11. The third kappa shape index (κ3) is 2.98. The van der Waals surface area contributed by atoms with Crippen molar-refractivity contribution in [3.8, 4) is 5.75 Å². The number of benzene rings is 1. The van der Waals surface area contributed by atoms with Crippen molar-refractivity contribution < 1.29 is 4.74 Å². The number of nitrogens with zero attached hydrogens (tertiary/aromatic N) is 6. The highest BCUT2D eigenvalue weighted by Gasteiger charge is 2.10. The highest BCUT2D eigenvalue weighted by Crippen LogP contribution is 2.16. The van der Waals surface area contributed by atoms with E-state index in [4.69, 9.17) is 4.74 Å². The van der Waals surface area contributed by atoms with Gasteiger partial charge in [-0.25, -0.2) is 9.97 Å². The van der Waals surface area contributed by atoms with Crippen molar-refractivity contribution in [2.75, 3.05) is 7.11 Å². The van der Waals surface area contributed by atoms with E-state index in [1.165, 1.54) is 11.1 Å². The molecule has 0 fully saturated rings. The van der Waals surface area contributed by atoms with Gasteiger partial charge in [-0.2, -0.15) is 4.80 Å². The molecule has 0 aliphatic rings. The average Bonchev–Trinajstić information content (AvgIpc) is 3.04. The lowest BCUT2D eigenvalue weighted by Gasteiger charge is -2.02. The monoisotopic (exact) mass is 294 g/mol. The minimum atomic E-state index is 0.461. The summed E-state index contributed by atoms with van der Waals surface area (Å²) < 4.78 is 5.13. The molecule has 3 aromatic rings. The lowest BCUT2D eigenvalue weighted by molar-refractivity contribution is 0.414. The molecule has 0 aliphatic heterocycles. The largest absolute Gasteiger partial charge is 0.497 e. The standard InChI is InChI=1S/C15H14N6O/c1-11(13-7-16-10-17-8-13)15-18-20-21(19-15)9-12-3-5-14(22-2)6-4-12/h3-8,10H,1,9H2,2H3. The summed E-state index contributed by atoms with van der Waals surface area (Å²) in [5.74, 6) is 1.27. The summed E-state index contributed by atoms with van der Waals surface area (Å²) in [7, 11) is 1.64. The second-order valence-corrected chi connectivity index (χ2v) is 4.60. The van der Waals surface area contributed by atoms with Gasteiger partial charge in [0.15, 0.2) is 0 Å². The Labute approximate surface area is 127 Å². The fourth-order valence-electron chi connectivity index (χ4n) is 1.91. The zero-order chi connectivity index (χ0) is 15.4. The predicted molar refractivity (Wildman–Crippen MR) is 80.1 cm³/mol. The Morgan fingerprint density at radius 1 is 1.18 bits per heavy atom. The molecule has 1 aromatic carbocycles. The van der Waals surface area contributed by atoms with E-state index in [2.05, 4.69) is 32.0 Å². The molecule has 3 rings (SSSR count). The second-order valence-electron chi connectivity index (χ2n) is 4.60. The quantitative estimate of drug-likeness (QED) is 0.711. The molecule has 0 N–H and O–H groups in total. The Balaban J connectivity index is 1.74. The average molecular weight is 294 g/mol. The van der Waals surface area contributed by atoms with Crippen LogP contribution in [0, 0.1) is 0 Å². The van der Waals surface area contributed by atoms with Crippen molar-refractivity contribution in [2.24, 2.45) is 0 Å². The van der Waals surface area contributed by atoms with Crippen LogP contribution in [0.25, 0.3) is 5.57 Å². The summed E-state index contributed by atoms with van der Waals surface area (Å²) in [5, 5.41) is 12.4. The summed E-state index contributed by atoms with van der Waals surface area (Å²) in [6.07, 6.45) is 4.80. The molecular formula is C15H14N6O. The first-order valence-corrected chi connectivity index (χ1v) is 6.61.